The summed E-state index contributed by atoms with van der Waals surface area (Å²) < 4.78 is 5.54. The predicted molar refractivity (Wildman–Crippen MR) is 60.0 cm³/mol. The van der Waals surface area contributed by atoms with Gasteiger partial charge in [-0.1, -0.05) is 5.10 Å². The van der Waals surface area contributed by atoms with E-state index in [1.165, 1.54) is 32.1 Å². The van der Waals surface area contributed by atoms with Crippen LogP contribution in [0, 0.1) is 0 Å². The smallest absolute Gasteiger partial charge is 0.315 e. The Hall–Kier alpha value is -1.10. The molecule has 16 heavy (non-hydrogen) atoms. The summed E-state index contributed by atoms with van der Waals surface area (Å²) in [6.07, 6.45) is 6.21. The average molecular weight is 222 g/mol. The Kier molecular flexibility index (Phi) is 2.35. The number of nitrogens with one attached hydrogen (secondary N) is 2. The first-order valence-electron chi connectivity index (χ1n) is 6.07. The molecule has 2 aliphatic carbocycles. The molecule has 0 atom stereocenters. The van der Waals surface area contributed by atoms with Crippen LogP contribution in [0.15, 0.2) is 4.42 Å². The Labute approximate surface area is 95.0 Å². The van der Waals surface area contributed by atoms with Gasteiger partial charge >= 0.3 is 6.01 Å². The van der Waals surface area contributed by atoms with Crippen LogP contribution in [0.2, 0.25) is 0 Å². The Balaban J connectivity index is 1.54. The van der Waals surface area contributed by atoms with Crippen molar-refractivity contribution in [3.05, 3.63) is 5.89 Å². The monoisotopic (exact) mass is 222 g/mol. The fraction of sp³-hybridized carbons (Fsp3) is 0.818. The Morgan fingerprint density at radius 2 is 2.19 bits per heavy atom. The van der Waals surface area contributed by atoms with Crippen molar-refractivity contribution in [2.75, 3.05) is 5.32 Å². The van der Waals surface area contributed by atoms with Crippen LogP contribution in [-0.2, 0) is 6.54 Å². The molecule has 2 saturated carbocycles. The van der Waals surface area contributed by atoms with Crippen molar-refractivity contribution in [2.24, 2.45) is 0 Å². The highest BCUT2D eigenvalue weighted by atomic mass is 16.4. The molecule has 0 radical (unpaired) electrons. The predicted octanol–water partition coefficient (Wildman–Crippen LogP) is 1.68. The molecule has 2 aliphatic rings. The molecule has 0 aliphatic heterocycles. The molecule has 1 aromatic heterocycles. The second-order valence-corrected chi connectivity index (χ2v) is 5.20. The number of hydrogen-bond acceptors (Lipinski definition) is 5. The van der Waals surface area contributed by atoms with E-state index in [1.807, 2.05) is 0 Å². The molecule has 88 valence electrons. The van der Waals surface area contributed by atoms with Gasteiger partial charge in [0.25, 0.3) is 0 Å². The molecule has 0 amide bonds. The quantitative estimate of drug-likeness (QED) is 0.793. The van der Waals surface area contributed by atoms with E-state index < -0.39 is 0 Å². The Morgan fingerprint density at radius 3 is 2.81 bits per heavy atom. The van der Waals surface area contributed by atoms with E-state index >= 15 is 0 Å². The number of anilines is 1. The molecule has 2 fully saturated rings. The first-order chi connectivity index (χ1) is 7.73. The number of aromatic nitrogens is 2. The van der Waals surface area contributed by atoms with Crippen LogP contribution in [-0.4, -0.2) is 21.8 Å². The second kappa shape index (κ2) is 3.73. The van der Waals surface area contributed by atoms with Crippen molar-refractivity contribution in [1.82, 2.24) is 15.5 Å². The summed E-state index contributed by atoms with van der Waals surface area (Å²) in [5.41, 5.74) is 0.174. The van der Waals surface area contributed by atoms with Gasteiger partial charge in [-0.05, 0) is 39.0 Å². The highest BCUT2D eigenvalue weighted by molar-refractivity contribution is 5.25. The van der Waals surface area contributed by atoms with Crippen LogP contribution in [0.25, 0.3) is 0 Å². The van der Waals surface area contributed by atoms with Crippen molar-refractivity contribution in [2.45, 2.75) is 57.2 Å². The van der Waals surface area contributed by atoms with Gasteiger partial charge < -0.3 is 15.1 Å². The molecule has 1 aromatic rings. The molecule has 5 heteroatoms. The van der Waals surface area contributed by atoms with Crippen molar-refractivity contribution >= 4 is 6.01 Å². The van der Waals surface area contributed by atoms with Gasteiger partial charge in [0.1, 0.15) is 0 Å². The molecule has 0 spiro atoms. The third kappa shape index (κ3) is 2.19. The summed E-state index contributed by atoms with van der Waals surface area (Å²) >= 11 is 0. The van der Waals surface area contributed by atoms with Crippen molar-refractivity contribution in [1.29, 1.82) is 0 Å². The topological polar surface area (TPSA) is 63.0 Å². The molecule has 0 unspecified atom stereocenters. The summed E-state index contributed by atoms with van der Waals surface area (Å²) in [4.78, 5) is 0. The van der Waals surface area contributed by atoms with Crippen LogP contribution in [0.1, 0.15) is 44.9 Å². The molecule has 3 rings (SSSR count). The van der Waals surface area contributed by atoms with Crippen molar-refractivity contribution in [3.8, 4) is 0 Å². The molecular weight excluding hydrogens is 204 g/mol. The van der Waals surface area contributed by atoms with Gasteiger partial charge in [0, 0.05) is 11.6 Å². The van der Waals surface area contributed by atoms with E-state index in [0.717, 1.165) is 0 Å². The molecule has 0 aromatic carbocycles. The minimum Gasteiger partial charge on any atom is -0.407 e. The maximum Gasteiger partial charge on any atom is 0.315 e. The highest BCUT2D eigenvalue weighted by Gasteiger charge is 2.33. The van der Waals surface area contributed by atoms with Gasteiger partial charge in [-0.15, -0.1) is 5.10 Å². The lowest BCUT2D eigenvalue weighted by molar-refractivity contribution is 0.297. The van der Waals surface area contributed by atoms with E-state index in [1.54, 1.807) is 0 Å². The molecule has 1 heterocycles. The van der Waals surface area contributed by atoms with Gasteiger partial charge in [0.05, 0.1) is 6.54 Å². The zero-order valence-corrected chi connectivity index (χ0v) is 9.62. The largest absolute Gasteiger partial charge is 0.407 e. The zero-order chi connectivity index (χ0) is 11.0. The maximum absolute atomic E-state index is 5.54. The average Bonchev–Trinajstić information content (AvgIpc) is 2.95. The fourth-order valence-corrected chi connectivity index (χ4v) is 1.98. The maximum atomic E-state index is 5.54. The van der Waals surface area contributed by atoms with E-state index in [2.05, 4.69) is 27.8 Å². The van der Waals surface area contributed by atoms with Crippen molar-refractivity contribution < 1.29 is 4.42 Å². The summed E-state index contributed by atoms with van der Waals surface area (Å²) in [7, 11) is 0. The van der Waals surface area contributed by atoms with Gasteiger partial charge in [-0.3, -0.25) is 0 Å². The first-order valence-corrected chi connectivity index (χ1v) is 6.07. The summed E-state index contributed by atoms with van der Waals surface area (Å²) in [5.74, 6) is 0.678. The summed E-state index contributed by atoms with van der Waals surface area (Å²) in [5, 5.41) is 14.7. The minimum atomic E-state index is 0.174. The van der Waals surface area contributed by atoms with Crippen LogP contribution in [0.5, 0.6) is 0 Å². The van der Waals surface area contributed by atoms with Crippen LogP contribution >= 0.6 is 0 Å². The second-order valence-electron chi connectivity index (χ2n) is 5.20. The SMILES string of the molecule is CC1(Nc2nnc(CNC3CC3)o2)CCC1. The summed E-state index contributed by atoms with van der Waals surface area (Å²) in [6.45, 7) is 2.89. The standard InChI is InChI=1S/C11H18N4O/c1-11(5-2-6-11)13-10-15-14-9(16-10)7-12-8-3-4-8/h8,12H,2-7H2,1H3,(H,13,15). The van der Waals surface area contributed by atoms with E-state index in [9.17, 15) is 0 Å². The summed E-state index contributed by atoms with van der Waals surface area (Å²) in [6, 6.07) is 1.24. The molecule has 0 bridgehead atoms. The number of hydrogen-bond donors (Lipinski definition) is 2. The Morgan fingerprint density at radius 1 is 1.38 bits per heavy atom. The fourth-order valence-electron chi connectivity index (χ4n) is 1.98. The third-order valence-corrected chi connectivity index (χ3v) is 3.45. The van der Waals surface area contributed by atoms with Gasteiger partial charge in [0.2, 0.25) is 5.89 Å². The molecule has 5 nitrogen and oxygen atoms in total. The van der Waals surface area contributed by atoms with E-state index in [4.69, 9.17) is 4.42 Å². The van der Waals surface area contributed by atoms with Crippen LogP contribution in [0.3, 0.4) is 0 Å². The lowest BCUT2D eigenvalue weighted by Crippen LogP contribution is -2.41. The Bertz CT molecular complexity index is 368. The van der Waals surface area contributed by atoms with Gasteiger partial charge in [0.15, 0.2) is 0 Å². The zero-order valence-electron chi connectivity index (χ0n) is 9.62. The minimum absolute atomic E-state index is 0.174. The third-order valence-electron chi connectivity index (χ3n) is 3.45. The molecular formula is C11H18N4O. The van der Waals surface area contributed by atoms with Crippen molar-refractivity contribution in [3.63, 3.8) is 0 Å². The van der Waals surface area contributed by atoms with Gasteiger partial charge in [-0.2, -0.15) is 0 Å². The normalized spacial score (nSPS) is 22.8. The number of rotatable bonds is 5. The van der Waals surface area contributed by atoms with Gasteiger partial charge in [-0.25, -0.2) is 0 Å². The van der Waals surface area contributed by atoms with Crippen LogP contribution < -0.4 is 10.6 Å². The molecule has 0 saturated heterocycles. The molecule has 2 N–H and O–H groups in total. The van der Waals surface area contributed by atoms with E-state index in [0.29, 0.717) is 24.5 Å². The van der Waals surface area contributed by atoms with Crippen LogP contribution in [0.4, 0.5) is 6.01 Å². The highest BCUT2D eigenvalue weighted by Crippen LogP contribution is 2.34. The van der Waals surface area contributed by atoms with E-state index in [-0.39, 0.29) is 5.54 Å². The number of nitrogens with zero attached hydrogens (tertiary/aromatic N) is 2. The lowest BCUT2D eigenvalue weighted by Gasteiger charge is -2.38. The lowest BCUT2D eigenvalue weighted by atomic mass is 9.79. The first kappa shape index (κ1) is 10.1.